The van der Waals surface area contributed by atoms with Crippen LogP contribution in [0.2, 0.25) is 0 Å². The Morgan fingerprint density at radius 2 is 1.70 bits per heavy atom. The van der Waals surface area contributed by atoms with Crippen LogP contribution in [0.1, 0.15) is 24.1 Å². The molecule has 0 aliphatic rings. The first-order valence-electron chi connectivity index (χ1n) is 6.08. The summed E-state index contributed by atoms with van der Waals surface area (Å²) in [6.45, 7) is 1.63. The molecule has 0 amide bonds. The number of halogens is 3. The maximum atomic E-state index is 13.7. The van der Waals surface area contributed by atoms with Gasteiger partial charge in [-0.15, -0.1) is 0 Å². The van der Waals surface area contributed by atoms with Gasteiger partial charge in [-0.2, -0.15) is 0 Å². The van der Waals surface area contributed by atoms with Crippen LogP contribution < -0.4 is 10.5 Å². The van der Waals surface area contributed by atoms with Crippen LogP contribution in [0.15, 0.2) is 36.4 Å². The van der Waals surface area contributed by atoms with Crippen LogP contribution in [-0.2, 0) is 6.61 Å². The predicted molar refractivity (Wildman–Crippen MR) is 69.7 cm³/mol. The van der Waals surface area contributed by atoms with Crippen molar-refractivity contribution in [1.82, 2.24) is 0 Å². The van der Waals surface area contributed by atoms with Gasteiger partial charge >= 0.3 is 0 Å². The van der Waals surface area contributed by atoms with Crippen LogP contribution in [0.25, 0.3) is 0 Å². The lowest BCUT2D eigenvalue weighted by Gasteiger charge is -2.10. The van der Waals surface area contributed by atoms with E-state index < -0.39 is 23.5 Å². The summed E-state index contributed by atoms with van der Waals surface area (Å²) in [6.07, 6.45) is 0. The van der Waals surface area contributed by atoms with E-state index in [9.17, 15) is 13.2 Å². The molecule has 1 atom stereocenters. The zero-order valence-corrected chi connectivity index (χ0v) is 10.9. The fourth-order valence-electron chi connectivity index (χ4n) is 1.83. The van der Waals surface area contributed by atoms with E-state index in [1.54, 1.807) is 13.0 Å². The molecule has 0 unspecified atom stereocenters. The summed E-state index contributed by atoms with van der Waals surface area (Å²) < 4.78 is 45.0. The molecular weight excluding hydrogens is 267 g/mol. The van der Waals surface area contributed by atoms with Gasteiger partial charge in [-0.05, 0) is 30.7 Å². The number of hydrogen-bond donors (Lipinski definition) is 1. The molecule has 0 spiro atoms. The smallest absolute Gasteiger partial charge is 0.131 e. The van der Waals surface area contributed by atoms with Crippen LogP contribution in [0, 0.1) is 17.5 Å². The number of benzene rings is 2. The van der Waals surface area contributed by atoms with Gasteiger partial charge in [-0.1, -0.05) is 6.07 Å². The van der Waals surface area contributed by atoms with Crippen molar-refractivity contribution < 1.29 is 17.9 Å². The second-order valence-electron chi connectivity index (χ2n) is 4.54. The molecule has 106 valence electrons. The third-order valence-corrected chi connectivity index (χ3v) is 2.79. The molecule has 20 heavy (non-hydrogen) atoms. The van der Waals surface area contributed by atoms with E-state index in [1.807, 2.05) is 0 Å². The molecule has 0 bridgehead atoms. The van der Waals surface area contributed by atoms with E-state index in [0.717, 1.165) is 18.2 Å². The summed E-state index contributed by atoms with van der Waals surface area (Å²) in [7, 11) is 0. The molecule has 2 aromatic carbocycles. The van der Waals surface area contributed by atoms with Crippen molar-refractivity contribution in [2.24, 2.45) is 5.73 Å². The number of hydrogen-bond acceptors (Lipinski definition) is 2. The molecule has 0 aromatic heterocycles. The Balaban J connectivity index is 2.09. The maximum Gasteiger partial charge on any atom is 0.131 e. The number of nitrogens with two attached hydrogens (primary N) is 1. The molecular formula is C15H14F3NO. The predicted octanol–water partition coefficient (Wildman–Crippen LogP) is 3.70. The van der Waals surface area contributed by atoms with Crippen molar-refractivity contribution in [2.45, 2.75) is 19.6 Å². The first-order valence-corrected chi connectivity index (χ1v) is 6.08. The van der Waals surface area contributed by atoms with E-state index >= 15 is 0 Å². The Morgan fingerprint density at radius 3 is 2.25 bits per heavy atom. The van der Waals surface area contributed by atoms with E-state index in [1.165, 1.54) is 12.1 Å². The topological polar surface area (TPSA) is 35.2 Å². The zero-order valence-electron chi connectivity index (χ0n) is 10.9. The molecule has 0 saturated heterocycles. The van der Waals surface area contributed by atoms with E-state index in [2.05, 4.69) is 0 Å². The van der Waals surface area contributed by atoms with Gasteiger partial charge in [-0.3, -0.25) is 0 Å². The summed E-state index contributed by atoms with van der Waals surface area (Å²) in [5.41, 5.74) is 6.31. The Morgan fingerprint density at radius 1 is 1.05 bits per heavy atom. The highest BCUT2D eigenvalue weighted by atomic mass is 19.1. The average Bonchev–Trinajstić information content (AvgIpc) is 2.35. The zero-order chi connectivity index (χ0) is 14.7. The second kappa shape index (κ2) is 5.96. The molecule has 0 fully saturated rings. The minimum absolute atomic E-state index is 0.0500. The quantitative estimate of drug-likeness (QED) is 0.927. The standard InChI is InChI=1S/C15H14F3NO/c1-9(19)14-3-2-13(7-15(14)18)20-8-10-4-11(16)6-12(17)5-10/h2-7,9H,8,19H2,1H3/t9-/m1/s1. The highest BCUT2D eigenvalue weighted by molar-refractivity contribution is 5.31. The summed E-state index contributed by atoms with van der Waals surface area (Å²) >= 11 is 0. The normalized spacial score (nSPS) is 12.2. The number of ether oxygens (including phenoxy) is 1. The van der Waals surface area contributed by atoms with Crippen LogP contribution in [0.5, 0.6) is 5.75 Å². The summed E-state index contributed by atoms with van der Waals surface area (Å²) in [5.74, 6) is -1.55. The van der Waals surface area contributed by atoms with E-state index in [-0.39, 0.29) is 12.4 Å². The first-order chi connectivity index (χ1) is 9.45. The van der Waals surface area contributed by atoms with Crippen molar-refractivity contribution in [1.29, 1.82) is 0 Å². The Hall–Kier alpha value is -2.01. The molecule has 0 saturated carbocycles. The van der Waals surface area contributed by atoms with Gasteiger partial charge in [0.05, 0.1) is 0 Å². The highest BCUT2D eigenvalue weighted by Crippen LogP contribution is 2.21. The lowest BCUT2D eigenvalue weighted by molar-refractivity contribution is 0.303. The van der Waals surface area contributed by atoms with Crippen molar-refractivity contribution in [3.05, 3.63) is 65.0 Å². The van der Waals surface area contributed by atoms with Crippen molar-refractivity contribution in [2.75, 3.05) is 0 Å². The molecule has 2 rings (SSSR count). The minimum atomic E-state index is -0.679. The highest BCUT2D eigenvalue weighted by Gasteiger charge is 2.08. The summed E-state index contributed by atoms with van der Waals surface area (Å²) in [4.78, 5) is 0. The fraction of sp³-hybridized carbons (Fsp3) is 0.200. The molecule has 0 heterocycles. The Kier molecular flexibility index (Phi) is 4.29. The van der Waals surface area contributed by atoms with Crippen molar-refractivity contribution in [3.8, 4) is 5.75 Å². The Labute approximate surface area is 115 Å². The van der Waals surface area contributed by atoms with E-state index in [4.69, 9.17) is 10.5 Å². The molecule has 0 aliphatic heterocycles. The first kappa shape index (κ1) is 14.4. The third-order valence-electron chi connectivity index (χ3n) is 2.79. The molecule has 2 aromatic rings. The van der Waals surface area contributed by atoms with Crippen LogP contribution >= 0.6 is 0 Å². The van der Waals surface area contributed by atoms with Crippen LogP contribution in [-0.4, -0.2) is 0 Å². The van der Waals surface area contributed by atoms with E-state index in [0.29, 0.717) is 11.1 Å². The van der Waals surface area contributed by atoms with Gasteiger partial charge in [0, 0.05) is 23.7 Å². The van der Waals surface area contributed by atoms with Gasteiger partial charge in [0.2, 0.25) is 0 Å². The van der Waals surface area contributed by atoms with Gasteiger partial charge in [0.15, 0.2) is 0 Å². The van der Waals surface area contributed by atoms with Gasteiger partial charge in [0.25, 0.3) is 0 Å². The maximum absolute atomic E-state index is 13.7. The van der Waals surface area contributed by atoms with Crippen LogP contribution in [0.3, 0.4) is 0 Å². The SMILES string of the molecule is C[C@@H](N)c1ccc(OCc2cc(F)cc(F)c2)cc1F. The average molecular weight is 281 g/mol. The molecule has 0 radical (unpaired) electrons. The van der Waals surface area contributed by atoms with Crippen molar-refractivity contribution >= 4 is 0 Å². The van der Waals surface area contributed by atoms with Gasteiger partial charge in [-0.25, -0.2) is 13.2 Å². The largest absolute Gasteiger partial charge is 0.489 e. The van der Waals surface area contributed by atoms with Gasteiger partial charge in [0.1, 0.15) is 29.8 Å². The second-order valence-corrected chi connectivity index (χ2v) is 4.54. The minimum Gasteiger partial charge on any atom is -0.489 e. The molecule has 5 heteroatoms. The molecule has 0 aliphatic carbocycles. The summed E-state index contributed by atoms with van der Waals surface area (Å²) in [5, 5.41) is 0. The van der Waals surface area contributed by atoms with Crippen molar-refractivity contribution in [3.63, 3.8) is 0 Å². The number of rotatable bonds is 4. The summed E-state index contributed by atoms with van der Waals surface area (Å²) in [6, 6.07) is 6.99. The monoisotopic (exact) mass is 281 g/mol. The fourth-order valence-corrected chi connectivity index (χ4v) is 1.83. The molecule has 2 nitrogen and oxygen atoms in total. The third kappa shape index (κ3) is 3.51. The van der Waals surface area contributed by atoms with Gasteiger partial charge < -0.3 is 10.5 Å². The lowest BCUT2D eigenvalue weighted by atomic mass is 10.1. The lowest BCUT2D eigenvalue weighted by Crippen LogP contribution is -2.07. The molecule has 2 N–H and O–H groups in total. The van der Waals surface area contributed by atoms with Crippen LogP contribution in [0.4, 0.5) is 13.2 Å². The Bertz CT molecular complexity index is 594.